The Bertz CT molecular complexity index is 1430. The molecule has 2 aromatic carbocycles. The van der Waals surface area contributed by atoms with Gasteiger partial charge < -0.3 is 15.8 Å². The lowest BCUT2D eigenvalue weighted by Gasteiger charge is -2.19. The van der Waals surface area contributed by atoms with Gasteiger partial charge in [-0.2, -0.15) is 34.8 Å². The Hall–Kier alpha value is -3.85. The van der Waals surface area contributed by atoms with Crippen molar-refractivity contribution in [1.29, 1.82) is 0 Å². The largest absolute Gasteiger partial charge is 0.473 e. The van der Waals surface area contributed by atoms with Crippen LogP contribution in [0.25, 0.3) is 0 Å². The third-order valence-electron chi connectivity index (χ3n) is 5.40. The highest BCUT2D eigenvalue weighted by Crippen LogP contribution is 2.32. The van der Waals surface area contributed by atoms with Crippen molar-refractivity contribution in [2.75, 3.05) is 11.5 Å². The van der Waals surface area contributed by atoms with Gasteiger partial charge in [0.1, 0.15) is 12.3 Å². The Morgan fingerprint density at radius 2 is 1.62 bits per heavy atom. The standard InChI is InChI=1S/C24H21F6N3O5S/c25-23(26,27)16-8-5-14(6-9-16)12-38-22-15(7-10-20(33-22)24(28,29)30)11-32-21(34)18(13-39(35,36)37)17-3-1-2-4-19(17)31/h1-10,18H,11-13,31H2,(H,32,34)(H,35,36,37). The number of hydrogen-bond acceptors (Lipinski definition) is 6. The molecule has 1 aromatic heterocycles. The maximum atomic E-state index is 13.2. The number of benzene rings is 2. The fraction of sp³-hybridized carbons (Fsp3) is 0.250. The van der Waals surface area contributed by atoms with Crippen LogP contribution in [-0.4, -0.2) is 29.6 Å². The van der Waals surface area contributed by atoms with Crippen LogP contribution in [0, 0.1) is 0 Å². The number of nitrogens with zero attached hydrogens (tertiary/aromatic N) is 1. The van der Waals surface area contributed by atoms with E-state index in [2.05, 4.69) is 10.3 Å². The molecule has 0 saturated heterocycles. The Kier molecular flexibility index (Phi) is 8.75. The van der Waals surface area contributed by atoms with Gasteiger partial charge in [-0.3, -0.25) is 9.35 Å². The number of aromatic nitrogens is 1. The van der Waals surface area contributed by atoms with E-state index in [1.807, 2.05) is 0 Å². The second kappa shape index (κ2) is 11.5. The number of hydrogen-bond donors (Lipinski definition) is 3. The molecule has 0 saturated carbocycles. The molecular formula is C24H21F6N3O5S. The number of ether oxygens (including phenoxy) is 1. The molecule has 1 unspecified atom stereocenters. The van der Waals surface area contributed by atoms with E-state index in [0.29, 0.717) is 6.07 Å². The molecule has 0 aliphatic rings. The summed E-state index contributed by atoms with van der Waals surface area (Å²) in [5.41, 5.74) is 3.91. The zero-order chi connectivity index (χ0) is 29.0. The molecule has 0 aliphatic heterocycles. The predicted molar refractivity (Wildman–Crippen MR) is 127 cm³/mol. The predicted octanol–water partition coefficient (Wildman–Crippen LogP) is 4.57. The Morgan fingerprint density at radius 3 is 2.18 bits per heavy atom. The third-order valence-corrected chi connectivity index (χ3v) is 6.16. The number of nitrogens with two attached hydrogens (primary N) is 1. The Morgan fingerprint density at radius 1 is 0.974 bits per heavy atom. The minimum Gasteiger partial charge on any atom is -0.473 e. The summed E-state index contributed by atoms with van der Waals surface area (Å²) in [5, 5.41) is 2.37. The molecule has 210 valence electrons. The minimum atomic E-state index is -4.85. The molecule has 3 rings (SSSR count). The van der Waals surface area contributed by atoms with E-state index >= 15 is 0 Å². The van der Waals surface area contributed by atoms with Crippen molar-refractivity contribution in [1.82, 2.24) is 10.3 Å². The van der Waals surface area contributed by atoms with Crippen LogP contribution in [0.1, 0.15) is 33.9 Å². The summed E-state index contributed by atoms with van der Waals surface area (Å²) in [4.78, 5) is 16.3. The first kappa shape index (κ1) is 29.7. The van der Waals surface area contributed by atoms with Gasteiger partial charge in [-0.05, 0) is 41.5 Å². The molecule has 8 nitrogen and oxygen atoms in total. The summed E-state index contributed by atoms with van der Waals surface area (Å²) in [5.74, 6) is -3.95. The van der Waals surface area contributed by atoms with E-state index < -0.39 is 70.3 Å². The molecule has 1 heterocycles. The lowest BCUT2D eigenvalue weighted by Crippen LogP contribution is -2.33. The van der Waals surface area contributed by atoms with Gasteiger partial charge in [-0.15, -0.1) is 0 Å². The fourth-order valence-corrected chi connectivity index (χ4v) is 4.23. The van der Waals surface area contributed by atoms with Crippen LogP contribution in [0.15, 0.2) is 60.7 Å². The lowest BCUT2D eigenvalue weighted by atomic mass is 9.98. The topological polar surface area (TPSA) is 132 Å². The summed E-state index contributed by atoms with van der Waals surface area (Å²) >= 11 is 0. The number of carbonyl (C=O) groups excluding carboxylic acids is 1. The molecule has 0 aliphatic carbocycles. The smallest absolute Gasteiger partial charge is 0.433 e. The van der Waals surface area contributed by atoms with E-state index in [-0.39, 0.29) is 22.4 Å². The SMILES string of the molecule is Nc1ccccc1C(CS(=O)(=O)O)C(=O)NCc1ccc(C(F)(F)F)nc1OCc1ccc(C(F)(F)F)cc1. The average molecular weight is 578 g/mol. The molecular weight excluding hydrogens is 556 g/mol. The van der Waals surface area contributed by atoms with Crippen LogP contribution in [0.4, 0.5) is 32.0 Å². The summed E-state index contributed by atoms with van der Waals surface area (Å²) in [6.45, 7) is -0.916. The van der Waals surface area contributed by atoms with Gasteiger partial charge in [0.2, 0.25) is 11.8 Å². The highest BCUT2D eigenvalue weighted by Gasteiger charge is 2.34. The number of halogens is 6. The van der Waals surface area contributed by atoms with Crippen molar-refractivity contribution in [3.05, 3.63) is 88.6 Å². The minimum absolute atomic E-state index is 0.0464. The van der Waals surface area contributed by atoms with Crippen LogP contribution < -0.4 is 15.8 Å². The first-order valence-electron chi connectivity index (χ1n) is 11.0. The normalized spacial score (nSPS) is 13.1. The number of para-hydroxylation sites is 1. The molecule has 0 radical (unpaired) electrons. The van der Waals surface area contributed by atoms with Crippen molar-refractivity contribution in [3.63, 3.8) is 0 Å². The van der Waals surface area contributed by atoms with Crippen molar-refractivity contribution in [2.45, 2.75) is 31.4 Å². The number of amides is 1. The number of anilines is 1. The van der Waals surface area contributed by atoms with Gasteiger partial charge >= 0.3 is 12.4 Å². The number of nitrogens with one attached hydrogen (secondary N) is 1. The van der Waals surface area contributed by atoms with Crippen molar-refractivity contribution in [2.24, 2.45) is 0 Å². The van der Waals surface area contributed by atoms with Gasteiger partial charge in [0.25, 0.3) is 10.1 Å². The Balaban J connectivity index is 1.84. The van der Waals surface area contributed by atoms with Crippen molar-refractivity contribution < 1.29 is 48.8 Å². The van der Waals surface area contributed by atoms with E-state index in [1.165, 1.54) is 24.3 Å². The number of nitrogen functional groups attached to an aromatic ring is 1. The molecule has 4 N–H and O–H groups in total. The van der Waals surface area contributed by atoms with Crippen molar-refractivity contribution >= 4 is 21.7 Å². The molecule has 39 heavy (non-hydrogen) atoms. The van der Waals surface area contributed by atoms with Crippen LogP contribution in [0.2, 0.25) is 0 Å². The summed E-state index contributed by atoms with van der Waals surface area (Å²) in [6, 6.07) is 11.2. The first-order chi connectivity index (χ1) is 18.0. The quantitative estimate of drug-likeness (QED) is 0.193. The molecule has 0 bridgehead atoms. The first-order valence-corrected chi connectivity index (χ1v) is 12.6. The molecule has 1 atom stereocenters. The Labute approximate surface area is 218 Å². The van der Waals surface area contributed by atoms with Gasteiger partial charge in [0, 0.05) is 17.8 Å². The van der Waals surface area contributed by atoms with Gasteiger partial charge in [-0.1, -0.05) is 30.3 Å². The van der Waals surface area contributed by atoms with Crippen LogP contribution >= 0.6 is 0 Å². The fourth-order valence-electron chi connectivity index (χ4n) is 3.48. The van der Waals surface area contributed by atoms with E-state index in [4.69, 9.17) is 10.5 Å². The van der Waals surface area contributed by atoms with Gasteiger partial charge in [-0.25, -0.2) is 4.98 Å². The second-order valence-corrected chi connectivity index (χ2v) is 9.79. The number of pyridine rings is 1. The molecule has 1 amide bonds. The number of alkyl halides is 6. The molecule has 0 spiro atoms. The van der Waals surface area contributed by atoms with Crippen LogP contribution in [0.5, 0.6) is 5.88 Å². The maximum Gasteiger partial charge on any atom is 0.433 e. The highest BCUT2D eigenvalue weighted by molar-refractivity contribution is 7.85. The summed E-state index contributed by atoms with van der Waals surface area (Å²) in [7, 11) is -4.65. The van der Waals surface area contributed by atoms with E-state index in [0.717, 1.165) is 30.3 Å². The number of rotatable bonds is 9. The average Bonchev–Trinajstić information content (AvgIpc) is 2.84. The van der Waals surface area contributed by atoms with E-state index in [9.17, 15) is 44.1 Å². The zero-order valence-corrected chi connectivity index (χ0v) is 20.6. The lowest BCUT2D eigenvalue weighted by molar-refractivity contribution is -0.141. The number of carbonyl (C=O) groups is 1. The second-order valence-electron chi connectivity index (χ2n) is 8.29. The summed E-state index contributed by atoms with van der Waals surface area (Å²) in [6.07, 6.45) is -9.43. The molecule has 0 fully saturated rings. The maximum absolute atomic E-state index is 13.2. The zero-order valence-electron chi connectivity index (χ0n) is 19.8. The monoisotopic (exact) mass is 577 g/mol. The molecule has 3 aromatic rings. The van der Waals surface area contributed by atoms with Gasteiger partial charge in [0.15, 0.2) is 0 Å². The molecule has 15 heteroatoms. The van der Waals surface area contributed by atoms with Crippen LogP contribution in [-0.2, 0) is 40.4 Å². The summed E-state index contributed by atoms with van der Waals surface area (Å²) < 4.78 is 116. The third kappa shape index (κ3) is 8.32. The van der Waals surface area contributed by atoms with Crippen molar-refractivity contribution in [3.8, 4) is 5.88 Å². The van der Waals surface area contributed by atoms with E-state index in [1.54, 1.807) is 0 Å². The van der Waals surface area contributed by atoms with Gasteiger partial charge in [0.05, 0.1) is 17.2 Å². The highest BCUT2D eigenvalue weighted by atomic mass is 32.2. The van der Waals surface area contributed by atoms with Crippen LogP contribution in [0.3, 0.4) is 0 Å².